The molecule has 0 saturated heterocycles. The van der Waals surface area contributed by atoms with Crippen LogP contribution in [-0.2, 0) is 0 Å². The summed E-state index contributed by atoms with van der Waals surface area (Å²) in [7, 11) is 0. The van der Waals surface area contributed by atoms with Crippen molar-refractivity contribution in [3.8, 4) is 33.4 Å². The van der Waals surface area contributed by atoms with E-state index in [9.17, 15) is 0 Å². The molecule has 2 heterocycles. The largest absolute Gasteiger partial charge is 0.456 e. The van der Waals surface area contributed by atoms with Gasteiger partial charge in [0.05, 0.1) is 22.4 Å². The third-order valence-corrected chi connectivity index (χ3v) is 11.0. The number of nitrogens with zero attached hydrogens (tertiary/aromatic N) is 1. The van der Waals surface area contributed by atoms with Crippen molar-refractivity contribution in [2.45, 2.75) is 0 Å². The molecule has 0 spiro atoms. The van der Waals surface area contributed by atoms with Gasteiger partial charge >= 0.3 is 0 Å². The van der Waals surface area contributed by atoms with Gasteiger partial charge in [-0.15, -0.1) is 11.3 Å². The minimum absolute atomic E-state index is 0.867. The average Bonchev–Trinajstić information content (AvgIpc) is 3.78. The highest BCUT2D eigenvalue weighted by molar-refractivity contribution is 7.25. The van der Waals surface area contributed by atoms with E-state index in [1.54, 1.807) is 0 Å². The monoisotopic (exact) mass is 669 g/mol. The fraction of sp³-hybridized carbons (Fsp3) is 0. The van der Waals surface area contributed by atoms with E-state index in [2.05, 4.69) is 187 Å². The SMILES string of the molecule is c1ccc(-c2ccc(-c3ccccc3N(c3ccccc3-c3cccc4sc5ccccc5c34)c3cccc4oc5ccccc5c34)cc2)cc1. The van der Waals surface area contributed by atoms with Crippen LogP contribution in [0.15, 0.2) is 192 Å². The third-order valence-electron chi connectivity index (χ3n) is 9.91. The van der Waals surface area contributed by atoms with Crippen molar-refractivity contribution < 1.29 is 4.42 Å². The van der Waals surface area contributed by atoms with Crippen LogP contribution in [0.25, 0.3) is 75.5 Å². The Bertz CT molecular complexity index is 2860. The van der Waals surface area contributed by atoms with E-state index in [1.807, 2.05) is 17.4 Å². The molecule has 0 aliphatic carbocycles. The zero-order valence-corrected chi connectivity index (χ0v) is 28.5. The van der Waals surface area contributed by atoms with Crippen molar-refractivity contribution in [1.82, 2.24) is 0 Å². The van der Waals surface area contributed by atoms with Crippen molar-refractivity contribution in [2.24, 2.45) is 0 Å². The van der Waals surface area contributed by atoms with Gasteiger partial charge in [0.15, 0.2) is 0 Å². The van der Waals surface area contributed by atoms with Crippen molar-refractivity contribution in [1.29, 1.82) is 0 Å². The predicted octanol–water partition coefficient (Wildman–Crippen LogP) is 14.4. The molecule has 0 unspecified atom stereocenters. The zero-order chi connectivity index (χ0) is 33.7. The Morgan fingerprint density at radius 1 is 0.333 bits per heavy atom. The van der Waals surface area contributed by atoms with E-state index in [-0.39, 0.29) is 0 Å². The molecule has 0 amide bonds. The van der Waals surface area contributed by atoms with E-state index >= 15 is 0 Å². The van der Waals surface area contributed by atoms with Crippen LogP contribution in [0.3, 0.4) is 0 Å². The fourth-order valence-corrected chi connectivity index (χ4v) is 8.74. The lowest BCUT2D eigenvalue weighted by Gasteiger charge is -2.30. The summed E-state index contributed by atoms with van der Waals surface area (Å²) in [5.41, 5.74) is 12.1. The van der Waals surface area contributed by atoms with Crippen LogP contribution in [0, 0.1) is 0 Å². The lowest BCUT2D eigenvalue weighted by atomic mass is 9.95. The van der Waals surface area contributed by atoms with E-state index in [1.165, 1.54) is 42.4 Å². The first-order valence-electron chi connectivity index (χ1n) is 17.3. The lowest BCUT2D eigenvalue weighted by Crippen LogP contribution is -2.13. The Kier molecular flexibility index (Phi) is 7.04. The minimum atomic E-state index is 0.867. The van der Waals surface area contributed by atoms with Crippen LogP contribution in [0.4, 0.5) is 17.1 Å². The topological polar surface area (TPSA) is 16.4 Å². The standard InChI is InChI=1S/C48H31NOS/c1-2-14-32(15-3-1)33-28-30-34(31-29-33)35-16-4-8-21-40(35)49(42-23-13-25-44-48(42)38-18-6-10-24-43(38)50-44)41-22-9-5-17-36(41)37-20-12-27-46-47(37)39-19-7-11-26-45(39)51-46/h1-31H. The summed E-state index contributed by atoms with van der Waals surface area (Å²) in [6.07, 6.45) is 0. The molecule has 2 aromatic heterocycles. The summed E-state index contributed by atoms with van der Waals surface area (Å²) in [4.78, 5) is 2.45. The molecule has 240 valence electrons. The Morgan fingerprint density at radius 3 is 1.73 bits per heavy atom. The highest BCUT2D eigenvalue weighted by atomic mass is 32.1. The predicted molar refractivity (Wildman–Crippen MR) is 218 cm³/mol. The summed E-state index contributed by atoms with van der Waals surface area (Å²) in [6, 6.07) is 67.4. The Balaban J connectivity index is 1.25. The summed E-state index contributed by atoms with van der Waals surface area (Å²) >= 11 is 1.86. The molecule has 0 aliphatic rings. The van der Waals surface area contributed by atoms with E-state index in [0.717, 1.165) is 50.1 Å². The molecule has 0 aliphatic heterocycles. The molecule has 0 atom stereocenters. The Hall–Kier alpha value is -6.42. The number of fused-ring (bicyclic) bond motifs is 6. The van der Waals surface area contributed by atoms with Crippen LogP contribution in [-0.4, -0.2) is 0 Å². The normalized spacial score (nSPS) is 11.5. The van der Waals surface area contributed by atoms with E-state index in [0.29, 0.717) is 0 Å². The molecule has 10 aromatic rings. The number of benzene rings is 8. The number of hydrogen-bond donors (Lipinski definition) is 0. The highest BCUT2D eigenvalue weighted by Crippen LogP contribution is 2.50. The smallest absolute Gasteiger partial charge is 0.137 e. The summed E-state index contributed by atoms with van der Waals surface area (Å²) < 4.78 is 9.06. The van der Waals surface area contributed by atoms with Gasteiger partial charge < -0.3 is 9.32 Å². The second kappa shape index (κ2) is 12.2. The van der Waals surface area contributed by atoms with E-state index < -0.39 is 0 Å². The van der Waals surface area contributed by atoms with Gasteiger partial charge in [-0.25, -0.2) is 0 Å². The molecular weight excluding hydrogens is 639 g/mol. The van der Waals surface area contributed by atoms with Crippen LogP contribution in [0.5, 0.6) is 0 Å². The van der Waals surface area contributed by atoms with Crippen LogP contribution >= 0.6 is 11.3 Å². The molecule has 0 radical (unpaired) electrons. The number of thiophene rings is 1. The molecule has 0 bridgehead atoms. The van der Waals surface area contributed by atoms with Gasteiger partial charge in [0.1, 0.15) is 11.2 Å². The Morgan fingerprint density at radius 2 is 0.882 bits per heavy atom. The fourth-order valence-electron chi connectivity index (χ4n) is 7.61. The van der Waals surface area contributed by atoms with E-state index in [4.69, 9.17) is 4.42 Å². The maximum Gasteiger partial charge on any atom is 0.137 e. The van der Waals surface area contributed by atoms with Gasteiger partial charge in [-0.3, -0.25) is 0 Å². The molecule has 0 saturated carbocycles. The van der Waals surface area contributed by atoms with Crippen molar-refractivity contribution in [3.05, 3.63) is 188 Å². The second-order valence-corrected chi connectivity index (χ2v) is 13.9. The highest BCUT2D eigenvalue weighted by Gasteiger charge is 2.25. The van der Waals surface area contributed by atoms with Gasteiger partial charge in [-0.2, -0.15) is 0 Å². The van der Waals surface area contributed by atoms with Gasteiger partial charge in [0.2, 0.25) is 0 Å². The number of furan rings is 1. The summed E-state index contributed by atoms with van der Waals surface area (Å²) in [6.45, 7) is 0. The number of hydrogen-bond acceptors (Lipinski definition) is 3. The molecule has 8 aromatic carbocycles. The van der Waals surface area contributed by atoms with Crippen molar-refractivity contribution in [3.63, 3.8) is 0 Å². The second-order valence-electron chi connectivity index (χ2n) is 12.8. The van der Waals surface area contributed by atoms with Crippen molar-refractivity contribution in [2.75, 3.05) is 4.90 Å². The maximum absolute atomic E-state index is 6.47. The molecule has 3 heteroatoms. The molecule has 2 nitrogen and oxygen atoms in total. The quantitative estimate of drug-likeness (QED) is 0.175. The Labute approximate surface area is 300 Å². The molecule has 0 fully saturated rings. The number of para-hydroxylation sites is 3. The first-order chi connectivity index (χ1) is 25.3. The molecule has 10 rings (SSSR count). The minimum Gasteiger partial charge on any atom is -0.456 e. The van der Waals surface area contributed by atoms with Gasteiger partial charge in [0, 0.05) is 36.7 Å². The summed E-state index contributed by atoms with van der Waals surface area (Å²) in [5.74, 6) is 0. The molecular formula is C48H31NOS. The average molecular weight is 670 g/mol. The first kappa shape index (κ1) is 29.5. The van der Waals surface area contributed by atoms with Crippen LogP contribution < -0.4 is 4.90 Å². The zero-order valence-electron chi connectivity index (χ0n) is 27.7. The van der Waals surface area contributed by atoms with Gasteiger partial charge in [-0.05, 0) is 64.7 Å². The molecule has 0 N–H and O–H groups in total. The van der Waals surface area contributed by atoms with Gasteiger partial charge in [0.25, 0.3) is 0 Å². The van der Waals surface area contributed by atoms with Crippen LogP contribution in [0.1, 0.15) is 0 Å². The number of anilines is 3. The maximum atomic E-state index is 6.47. The van der Waals surface area contributed by atoms with Gasteiger partial charge in [-0.1, -0.05) is 146 Å². The van der Waals surface area contributed by atoms with Crippen molar-refractivity contribution >= 4 is 70.5 Å². The summed E-state index contributed by atoms with van der Waals surface area (Å²) in [5, 5.41) is 4.77. The number of rotatable bonds is 6. The molecule has 51 heavy (non-hydrogen) atoms. The van der Waals surface area contributed by atoms with Crippen LogP contribution in [0.2, 0.25) is 0 Å². The first-order valence-corrected chi connectivity index (χ1v) is 18.1. The third kappa shape index (κ3) is 4.93. The lowest BCUT2D eigenvalue weighted by molar-refractivity contribution is 0.669.